The summed E-state index contributed by atoms with van der Waals surface area (Å²) in [7, 11) is -3.04. The minimum atomic E-state index is -3.04. The maximum atomic E-state index is 12.6. The maximum absolute atomic E-state index is 12.6. The lowest BCUT2D eigenvalue weighted by atomic mass is 10.2. The third kappa shape index (κ3) is 4.99. The second-order valence-electron chi connectivity index (χ2n) is 5.66. The number of anilines is 1. The Morgan fingerprint density at radius 2 is 2.09 bits per heavy atom. The summed E-state index contributed by atoms with van der Waals surface area (Å²) in [6.45, 7) is 2.56. The van der Waals surface area contributed by atoms with E-state index in [-0.39, 0.29) is 23.6 Å². The highest BCUT2D eigenvalue weighted by Crippen LogP contribution is 2.26. The lowest BCUT2D eigenvalue weighted by Crippen LogP contribution is -2.44. The molecule has 0 bridgehead atoms. The fraction of sp³-hybridized carbons (Fsp3) is 0.533. The minimum Gasteiger partial charge on any atom is -0.320 e. The zero-order valence-corrected chi connectivity index (χ0v) is 15.2. The van der Waals surface area contributed by atoms with Crippen LogP contribution in [-0.4, -0.2) is 43.4 Å². The van der Waals surface area contributed by atoms with Gasteiger partial charge in [0.2, 0.25) is 0 Å². The standard InChI is InChI=1S/C15H20Cl2N2O3S/c1-2-3-7-19(12-6-8-23(21,22)10-12)15(20)18-11-4-5-13(16)14(17)9-11/h4-5,9,12H,2-3,6-8,10H2,1H3,(H,18,20). The van der Waals surface area contributed by atoms with Crippen LogP contribution in [0.1, 0.15) is 26.2 Å². The third-order valence-electron chi connectivity index (χ3n) is 3.83. The number of urea groups is 1. The van der Waals surface area contributed by atoms with E-state index in [1.165, 1.54) is 0 Å². The number of hydrogen-bond acceptors (Lipinski definition) is 3. The number of nitrogens with zero attached hydrogens (tertiary/aromatic N) is 1. The van der Waals surface area contributed by atoms with Gasteiger partial charge in [-0.25, -0.2) is 13.2 Å². The molecule has 1 unspecified atom stereocenters. The molecule has 2 rings (SSSR count). The summed E-state index contributed by atoms with van der Waals surface area (Å²) in [6, 6.07) is 4.27. The van der Waals surface area contributed by atoms with Gasteiger partial charge in [0.25, 0.3) is 0 Å². The van der Waals surface area contributed by atoms with Gasteiger partial charge in [-0.1, -0.05) is 36.5 Å². The number of halogens is 2. The monoisotopic (exact) mass is 378 g/mol. The molecule has 1 atom stereocenters. The van der Waals surface area contributed by atoms with Gasteiger partial charge in [-0.05, 0) is 31.0 Å². The van der Waals surface area contributed by atoms with Gasteiger partial charge in [-0.15, -0.1) is 0 Å². The number of nitrogens with one attached hydrogen (secondary N) is 1. The zero-order chi connectivity index (χ0) is 17.0. The molecule has 1 fully saturated rings. The molecule has 1 N–H and O–H groups in total. The highest BCUT2D eigenvalue weighted by Gasteiger charge is 2.34. The highest BCUT2D eigenvalue weighted by atomic mass is 35.5. The molecule has 0 saturated carbocycles. The Morgan fingerprint density at radius 1 is 1.35 bits per heavy atom. The number of carbonyl (C=O) groups is 1. The smallest absolute Gasteiger partial charge is 0.320 e. The fourth-order valence-corrected chi connectivity index (χ4v) is 4.60. The molecule has 2 amide bonds. The van der Waals surface area contributed by atoms with E-state index in [9.17, 15) is 13.2 Å². The van der Waals surface area contributed by atoms with Crippen LogP contribution in [-0.2, 0) is 9.84 Å². The van der Waals surface area contributed by atoms with E-state index in [0.717, 1.165) is 12.8 Å². The van der Waals surface area contributed by atoms with Gasteiger partial charge in [-0.3, -0.25) is 0 Å². The van der Waals surface area contributed by atoms with Gasteiger partial charge in [0, 0.05) is 18.3 Å². The molecule has 0 aliphatic carbocycles. The Labute approximate surface area is 146 Å². The number of carbonyl (C=O) groups excluding carboxylic acids is 1. The third-order valence-corrected chi connectivity index (χ3v) is 6.32. The van der Waals surface area contributed by atoms with Crippen molar-refractivity contribution in [2.45, 2.75) is 32.2 Å². The summed E-state index contributed by atoms with van der Waals surface area (Å²) in [5.74, 6) is 0.172. The van der Waals surface area contributed by atoms with Crippen molar-refractivity contribution in [3.8, 4) is 0 Å². The molecule has 1 aromatic rings. The average Bonchev–Trinajstić information content (AvgIpc) is 2.83. The number of sulfone groups is 1. The first-order valence-corrected chi connectivity index (χ1v) is 10.1. The molecule has 8 heteroatoms. The molecule has 0 radical (unpaired) electrons. The predicted molar refractivity (Wildman–Crippen MR) is 94.2 cm³/mol. The van der Waals surface area contributed by atoms with Crippen LogP contribution < -0.4 is 5.32 Å². The molecule has 1 aromatic carbocycles. The van der Waals surface area contributed by atoms with Crippen LogP contribution in [0.2, 0.25) is 10.0 Å². The second kappa shape index (κ2) is 7.73. The lowest BCUT2D eigenvalue weighted by Gasteiger charge is -2.28. The molecule has 1 aliphatic heterocycles. The molecule has 1 heterocycles. The van der Waals surface area contributed by atoms with Crippen molar-refractivity contribution in [3.05, 3.63) is 28.2 Å². The van der Waals surface area contributed by atoms with Crippen LogP contribution in [0.3, 0.4) is 0 Å². The minimum absolute atomic E-state index is 0.0332. The van der Waals surface area contributed by atoms with Crippen LogP contribution in [0.25, 0.3) is 0 Å². The second-order valence-corrected chi connectivity index (χ2v) is 8.71. The summed E-state index contributed by atoms with van der Waals surface area (Å²) in [4.78, 5) is 14.2. The van der Waals surface area contributed by atoms with Crippen molar-refractivity contribution in [1.29, 1.82) is 0 Å². The normalized spacial score (nSPS) is 19.5. The quantitative estimate of drug-likeness (QED) is 0.846. The zero-order valence-electron chi connectivity index (χ0n) is 12.9. The first kappa shape index (κ1) is 18.4. The van der Waals surface area contributed by atoms with Crippen molar-refractivity contribution >= 4 is 44.8 Å². The van der Waals surface area contributed by atoms with Crippen molar-refractivity contribution in [2.24, 2.45) is 0 Å². The molecular weight excluding hydrogens is 359 g/mol. The van der Waals surface area contributed by atoms with E-state index in [0.29, 0.717) is 28.7 Å². The summed E-state index contributed by atoms with van der Waals surface area (Å²) in [5, 5.41) is 3.54. The maximum Gasteiger partial charge on any atom is 0.322 e. The van der Waals surface area contributed by atoms with Gasteiger partial charge in [-0.2, -0.15) is 0 Å². The average molecular weight is 379 g/mol. The van der Waals surface area contributed by atoms with E-state index in [2.05, 4.69) is 5.32 Å². The topological polar surface area (TPSA) is 66.5 Å². The Hall–Kier alpha value is -0.980. The molecule has 0 spiro atoms. The van der Waals surface area contributed by atoms with E-state index in [1.807, 2.05) is 6.92 Å². The Morgan fingerprint density at radius 3 is 2.65 bits per heavy atom. The highest BCUT2D eigenvalue weighted by molar-refractivity contribution is 7.91. The van der Waals surface area contributed by atoms with Crippen LogP contribution in [0.15, 0.2) is 18.2 Å². The summed E-state index contributed by atoms with van der Waals surface area (Å²) < 4.78 is 23.4. The predicted octanol–water partition coefficient (Wildman–Crippen LogP) is 3.81. The van der Waals surface area contributed by atoms with Crippen molar-refractivity contribution in [1.82, 2.24) is 4.90 Å². The first-order valence-electron chi connectivity index (χ1n) is 7.55. The molecule has 1 aliphatic rings. The lowest BCUT2D eigenvalue weighted by molar-refractivity contribution is 0.192. The largest absolute Gasteiger partial charge is 0.322 e. The summed E-state index contributed by atoms with van der Waals surface area (Å²) >= 11 is 11.8. The van der Waals surface area contributed by atoms with Gasteiger partial charge in [0.15, 0.2) is 9.84 Å². The number of rotatable bonds is 5. The van der Waals surface area contributed by atoms with E-state index < -0.39 is 9.84 Å². The number of unbranched alkanes of at least 4 members (excludes halogenated alkanes) is 1. The number of hydrogen-bond donors (Lipinski definition) is 1. The number of amides is 2. The summed E-state index contributed by atoms with van der Waals surface area (Å²) in [5.41, 5.74) is 0.534. The van der Waals surface area contributed by atoms with Crippen LogP contribution in [0, 0.1) is 0 Å². The van der Waals surface area contributed by atoms with E-state index in [4.69, 9.17) is 23.2 Å². The molecule has 0 aromatic heterocycles. The molecule has 23 heavy (non-hydrogen) atoms. The first-order chi connectivity index (χ1) is 10.8. The van der Waals surface area contributed by atoms with E-state index >= 15 is 0 Å². The van der Waals surface area contributed by atoms with Crippen molar-refractivity contribution in [2.75, 3.05) is 23.4 Å². The number of benzene rings is 1. The van der Waals surface area contributed by atoms with Crippen molar-refractivity contribution < 1.29 is 13.2 Å². The Bertz CT molecular complexity index is 679. The van der Waals surface area contributed by atoms with Crippen LogP contribution >= 0.6 is 23.2 Å². The molecule has 1 saturated heterocycles. The van der Waals surface area contributed by atoms with Gasteiger partial charge >= 0.3 is 6.03 Å². The van der Waals surface area contributed by atoms with Gasteiger partial charge in [0.1, 0.15) is 0 Å². The fourth-order valence-electron chi connectivity index (χ4n) is 2.57. The Balaban J connectivity index is 2.11. The van der Waals surface area contributed by atoms with Crippen molar-refractivity contribution in [3.63, 3.8) is 0 Å². The SMILES string of the molecule is CCCCN(C(=O)Nc1ccc(Cl)c(Cl)c1)C1CCS(=O)(=O)C1. The van der Waals surface area contributed by atoms with Crippen LogP contribution in [0.5, 0.6) is 0 Å². The van der Waals surface area contributed by atoms with E-state index in [1.54, 1.807) is 23.1 Å². The molecule has 128 valence electrons. The van der Waals surface area contributed by atoms with Crippen LogP contribution in [0.4, 0.5) is 10.5 Å². The molecular formula is C15H20Cl2N2O3S. The summed E-state index contributed by atoms with van der Waals surface area (Å²) in [6.07, 6.45) is 2.24. The van der Waals surface area contributed by atoms with Gasteiger partial charge < -0.3 is 10.2 Å². The molecule has 5 nitrogen and oxygen atoms in total. The van der Waals surface area contributed by atoms with Gasteiger partial charge in [0.05, 0.1) is 21.6 Å². The Kier molecular flexibility index (Phi) is 6.17.